The summed E-state index contributed by atoms with van der Waals surface area (Å²) in [5.41, 5.74) is -0.0820. The van der Waals surface area contributed by atoms with Crippen LogP contribution in [0.3, 0.4) is 0 Å². The van der Waals surface area contributed by atoms with E-state index in [1.54, 1.807) is 6.92 Å². The third-order valence-corrected chi connectivity index (χ3v) is 1.36. The Labute approximate surface area is 70.9 Å². The fraction of sp³-hybridized carbons (Fsp3) is 0.500. The lowest BCUT2D eigenvalue weighted by Crippen LogP contribution is -2.33. The van der Waals surface area contributed by atoms with Gasteiger partial charge in [-0.1, -0.05) is 13.8 Å². The molecule has 0 saturated heterocycles. The third kappa shape index (κ3) is 2.08. The molecule has 0 radical (unpaired) electrons. The van der Waals surface area contributed by atoms with Gasteiger partial charge in [-0.15, -0.1) is 0 Å². The van der Waals surface area contributed by atoms with E-state index in [9.17, 15) is 9.59 Å². The van der Waals surface area contributed by atoms with Gasteiger partial charge in [-0.05, 0) is 6.92 Å². The predicted molar refractivity (Wildman–Crippen MR) is 48.4 cm³/mol. The van der Waals surface area contributed by atoms with Crippen molar-refractivity contribution in [3.63, 3.8) is 0 Å². The van der Waals surface area contributed by atoms with E-state index < -0.39 is 0 Å². The molecule has 0 aromatic carbocycles. The molecule has 0 aliphatic rings. The van der Waals surface area contributed by atoms with Gasteiger partial charge in [-0.3, -0.25) is 9.36 Å². The normalized spacial score (nSPS) is 8.67. The van der Waals surface area contributed by atoms with E-state index in [0.29, 0.717) is 5.56 Å². The van der Waals surface area contributed by atoms with Crippen LogP contribution in [0.1, 0.15) is 19.4 Å². The first-order chi connectivity index (χ1) is 5.63. The van der Waals surface area contributed by atoms with Crippen LogP contribution in [-0.4, -0.2) is 9.55 Å². The van der Waals surface area contributed by atoms with Gasteiger partial charge in [0.2, 0.25) is 0 Å². The summed E-state index contributed by atoms with van der Waals surface area (Å²) in [7, 11) is 1.44. The van der Waals surface area contributed by atoms with Gasteiger partial charge >= 0.3 is 5.69 Å². The quantitative estimate of drug-likeness (QED) is 0.613. The van der Waals surface area contributed by atoms with Crippen LogP contribution in [0.15, 0.2) is 15.8 Å². The molecule has 0 aliphatic heterocycles. The fourth-order valence-corrected chi connectivity index (χ4v) is 0.685. The summed E-state index contributed by atoms with van der Waals surface area (Å²) in [5, 5.41) is 0. The van der Waals surface area contributed by atoms with Crippen LogP contribution in [0.25, 0.3) is 0 Å². The molecular formula is C8H14N2O2. The van der Waals surface area contributed by atoms with E-state index in [2.05, 4.69) is 4.98 Å². The van der Waals surface area contributed by atoms with Gasteiger partial charge in [0.15, 0.2) is 0 Å². The molecule has 4 nitrogen and oxygen atoms in total. The molecule has 1 heterocycles. The zero-order chi connectivity index (χ0) is 9.72. The first kappa shape index (κ1) is 10.7. The molecule has 0 saturated carbocycles. The molecule has 12 heavy (non-hydrogen) atoms. The Balaban J connectivity index is 0.000000561. The minimum Gasteiger partial charge on any atom is -0.314 e. The number of H-pyrrole nitrogens is 1. The molecular weight excluding hydrogens is 156 g/mol. The SMILES string of the molecule is CC.Cc1c[nH]c(=O)n(C)c1=O. The number of rotatable bonds is 0. The summed E-state index contributed by atoms with van der Waals surface area (Å²) >= 11 is 0. The molecule has 1 N–H and O–H groups in total. The molecule has 0 atom stereocenters. The smallest absolute Gasteiger partial charge is 0.314 e. The summed E-state index contributed by atoms with van der Waals surface area (Å²) in [5.74, 6) is 0. The number of aryl methyl sites for hydroxylation is 1. The molecule has 0 bridgehead atoms. The maximum absolute atomic E-state index is 10.9. The first-order valence-electron chi connectivity index (χ1n) is 3.88. The molecule has 0 aliphatic carbocycles. The minimum absolute atomic E-state index is 0.247. The van der Waals surface area contributed by atoms with E-state index in [1.165, 1.54) is 13.2 Å². The van der Waals surface area contributed by atoms with Gasteiger partial charge in [0.25, 0.3) is 5.56 Å². The number of aromatic nitrogens is 2. The predicted octanol–water partition coefficient (Wildman–Crippen LogP) is 0.408. The molecule has 1 aromatic rings. The second-order valence-electron chi connectivity index (χ2n) is 2.14. The van der Waals surface area contributed by atoms with Crippen molar-refractivity contribution in [2.75, 3.05) is 0 Å². The molecule has 1 aromatic heterocycles. The van der Waals surface area contributed by atoms with Crippen molar-refractivity contribution in [1.29, 1.82) is 0 Å². The van der Waals surface area contributed by atoms with Crippen LogP contribution in [0, 0.1) is 6.92 Å². The maximum Gasteiger partial charge on any atom is 0.328 e. The summed E-state index contributed by atoms with van der Waals surface area (Å²) in [6.45, 7) is 5.65. The van der Waals surface area contributed by atoms with Gasteiger partial charge in [-0.25, -0.2) is 4.79 Å². The Kier molecular flexibility index (Phi) is 4.04. The van der Waals surface area contributed by atoms with E-state index in [-0.39, 0.29) is 11.2 Å². The Bertz CT molecular complexity index is 349. The zero-order valence-corrected chi connectivity index (χ0v) is 7.84. The lowest BCUT2D eigenvalue weighted by atomic mass is 10.4. The van der Waals surface area contributed by atoms with Gasteiger partial charge < -0.3 is 4.98 Å². The van der Waals surface area contributed by atoms with E-state index >= 15 is 0 Å². The topological polar surface area (TPSA) is 54.9 Å². The Morgan fingerprint density at radius 1 is 1.33 bits per heavy atom. The molecule has 68 valence electrons. The largest absolute Gasteiger partial charge is 0.328 e. The van der Waals surface area contributed by atoms with Crippen molar-refractivity contribution in [3.8, 4) is 0 Å². The summed E-state index contributed by atoms with van der Waals surface area (Å²) in [4.78, 5) is 24.0. The van der Waals surface area contributed by atoms with Gasteiger partial charge in [-0.2, -0.15) is 0 Å². The average Bonchev–Trinajstić information content (AvgIpc) is 2.12. The highest BCUT2D eigenvalue weighted by atomic mass is 16.2. The summed E-state index contributed by atoms with van der Waals surface area (Å²) in [6.07, 6.45) is 1.41. The molecule has 0 spiro atoms. The van der Waals surface area contributed by atoms with Crippen molar-refractivity contribution in [2.45, 2.75) is 20.8 Å². The summed E-state index contributed by atoms with van der Waals surface area (Å²) < 4.78 is 1.04. The van der Waals surface area contributed by atoms with Crippen LogP contribution >= 0.6 is 0 Å². The lowest BCUT2D eigenvalue weighted by Gasteiger charge is -1.94. The highest BCUT2D eigenvalue weighted by molar-refractivity contribution is 4.99. The van der Waals surface area contributed by atoms with Crippen LogP contribution in [0.5, 0.6) is 0 Å². The van der Waals surface area contributed by atoms with Crippen molar-refractivity contribution in [3.05, 3.63) is 32.6 Å². The van der Waals surface area contributed by atoms with Gasteiger partial charge in [0.1, 0.15) is 0 Å². The van der Waals surface area contributed by atoms with Crippen molar-refractivity contribution < 1.29 is 0 Å². The number of hydrogen-bond acceptors (Lipinski definition) is 2. The second kappa shape index (κ2) is 4.54. The highest BCUT2D eigenvalue weighted by Crippen LogP contribution is 1.75. The van der Waals surface area contributed by atoms with Gasteiger partial charge in [0.05, 0.1) is 0 Å². The Morgan fingerprint density at radius 2 is 1.83 bits per heavy atom. The monoisotopic (exact) mass is 170 g/mol. The molecule has 0 fully saturated rings. The standard InChI is InChI=1S/C6H8N2O2.C2H6/c1-4-3-7-6(10)8(2)5(4)9;1-2/h3H,1-2H3,(H,7,10);1-2H3. The van der Waals surface area contributed by atoms with Crippen molar-refractivity contribution >= 4 is 0 Å². The number of hydrogen-bond donors (Lipinski definition) is 1. The Hall–Kier alpha value is -1.32. The Morgan fingerprint density at radius 3 is 2.25 bits per heavy atom. The first-order valence-corrected chi connectivity index (χ1v) is 3.88. The van der Waals surface area contributed by atoms with Crippen LogP contribution in [0.4, 0.5) is 0 Å². The second-order valence-corrected chi connectivity index (χ2v) is 2.14. The fourth-order valence-electron chi connectivity index (χ4n) is 0.685. The third-order valence-electron chi connectivity index (χ3n) is 1.36. The van der Waals surface area contributed by atoms with Crippen LogP contribution in [0.2, 0.25) is 0 Å². The van der Waals surface area contributed by atoms with Gasteiger partial charge in [0, 0.05) is 18.8 Å². The molecule has 0 amide bonds. The number of nitrogens with zero attached hydrogens (tertiary/aromatic N) is 1. The van der Waals surface area contributed by atoms with Crippen LogP contribution < -0.4 is 11.2 Å². The van der Waals surface area contributed by atoms with Crippen molar-refractivity contribution in [1.82, 2.24) is 9.55 Å². The average molecular weight is 170 g/mol. The lowest BCUT2D eigenvalue weighted by molar-refractivity contribution is 0.765. The molecule has 1 rings (SSSR count). The van der Waals surface area contributed by atoms with E-state index in [4.69, 9.17) is 0 Å². The minimum atomic E-state index is -0.379. The van der Waals surface area contributed by atoms with Crippen molar-refractivity contribution in [2.24, 2.45) is 7.05 Å². The van der Waals surface area contributed by atoms with Crippen LogP contribution in [-0.2, 0) is 7.05 Å². The maximum atomic E-state index is 10.9. The molecule has 0 unspecified atom stereocenters. The molecule has 4 heteroatoms. The summed E-state index contributed by atoms with van der Waals surface area (Å²) in [6, 6.07) is 0. The number of nitrogens with one attached hydrogen (secondary N) is 1. The zero-order valence-electron chi connectivity index (χ0n) is 7.84. The van der Waals surface area contributed by atoms with E-state index in [1.807, 2.05) is 13.8 Å². The number of aromatic amines is 1. The highest BCUT2D eigenvalue weighted by Gasteiger charge is 1.96. The van der Waals surface area contributed by atoms with E-state index in [0.717, 1.165) is 4.57 Å².